The van der Waals surface area contributed by atoms with E-state index in [1.807, 2.05) is 61.7 Å². The van der Waals surface area contributed by atoms with Gasteiger partial charge in [-0.25, -0.2) is 0 Å². The fourth-order valence-electron chi connectivity index (χ4n) is 4.30. The molecule has 0 aliphatic rings. The zero-order valence-corrected chi connectivity index (χ0v) is 22.2. The molecule has 3 aromatic rings. The third kappa shape index (κ3) is 5.24. The second-order valence-corrected chi connectivity index (χ2v) is 11.1. The highest BCUT2D eigenvalue weighted by Crippen LogP contribution is 2.37. The van der Waals surface area contributed by atoms with Crippen LogP contribution in [0.5, 0.6) is 0 Å². The van der Waals surface area contributed by atoms with Gasteiger partial charge in [-0.05, 0) is 56.4 Å². The summed E-state index contributed by atoms with van der Waals surface area (Å²) in [7, 11) is 0. The summed E-state index contributed by atoms with van der Waals surface area (Å²) in [5.41, 5.74) is 2.23. The minimum atomic E-state index is -0.930. The molecule has 186 valence electrons. The average Bonchev–Trinajstić information content (AvgIpc) is 3.10. The van der Waals surface area contributed by atoms with Crippen LogP contribution >= 0.6 is 0 Å². The lowest BCUT2D eigenvalue weighted by Crippen LogP contribution is -2.31. The summed E-state index contributed by atoms with van der Waals surface area (Å²) in [6.45, 7) is 15.5. The summed E-state index contributed by atoms with van der Waals surface area (Å²) in [5.74, 6) is -0.344. The van der Waals surface area contributed by atoms with Crippen LogP contribution < -0.4 is 0 Å². The molecule has 0 amide bonds. The van der Waals surface area contributed by atoms with Crippen LogP contribution in [0.4, 0.5) is 0 Å². The van der Waals surface area contributed by atoms with Crippen molar-refractivity contribution in [2.75, 3.05) is 6.61 Å². The third-order valence-corrected chi connectivity index (χ3v) is 6.34. The number of fused-ring (bicyclic) bond motifs is 1. The first-order valence-electron chi connectivity index (χ1n) is 12.3. The molecule has 0 fully saturated rings. The summed E-state index contributed by atoms with van der Waals surface area (Å²) in [5, 5.41) is 0. The Labute approximate surface area is 208 Å². The lowest BCUT2D eigenvalue weighted by Gasteiger charge is -2.24. The summed E-state index contributed by atoms with van der Waals surface area (Å²) >= 11 is 0. The minimum Gasteiger partial charge on any atom is -0.466 e. The van der Waals surface area contributed by atoms with E-state index in [4.69, 9.17) is 4.74 Å². The molecule has 0 spiro atoms. The smallest absolute Gasteiger partial charge is 0.311 e. The van der Waals surface area contributed by atoms with E-state index in [9.17, 15) is 14.4 Å². The molecule has 5 nitrogen and oxygen atoms in total. The summed E-state index contributed by atoms with van der Waals surface area (Å²) in [6.07, 6.45) is 2.08. The van der Waals surface area contributed by atoms with Crippen LogP contribution in [0.1, 0.15) is 98.8 Å². The molecular weight excluding hydrogens is 438 g/mol. The van der Waals surface area contributed by atoms with Crippen molar-refractivity contribution in [2.45, 2.75) is 67.7 Å². The van der Waals surface area contributed by atoms with Gasteiger partial charge in [0.15, 0.2) is 5.78 Å². The van der Waals surface area contributed by atoms with Crippen LogP contribution in [0.15, 0.2) is 48.7 Å². The van der Waals surface area contributed by atoms with Crippen LogP contribution in [0, 0.1) is 10.8 Å². The first-order valence-corrected chi connectivity index (χ1v) is 12.3. The Morgan fingerprint density at radius 3 is 2.14 bits per heavy atom. The number of aromatic nitrogens is 1. The van der Waals surface area contributed by atoms with Gasteiger partial charge in [-0.2, -0.15) is 0 Å². The quantitative estimate of drug-likeness (QED) is 0.270. The van der Waals surface area contributed by atoms with Crippen molar-refractivity contribution in [3.05, 3.63) is 76.6 Å². The monoisotopic (exact) mass is 475 g/mol. The molecule has 0 saturated carbocycles. The molecule has 0 bridgehead atoms. The van der Waals surface area contributed by atoms with E-state index < -0.39 is 10.8 Å². The fourth-order valence-corrected chi connectivity index (χ4v) is 4.30. The maximum atomic E-state index is 13.9. The highest BCUT2D eigenvalue weighted by Gasteiger charge is 2.38. The summed E-state index contributed by atoms with van der Waals surface area (Å²) in [4.78, 5) is 40.7. The number of hydrogen-bond acceptors (Lipinski definition) is 4. The predicted octanol–water partition coefficient (Wildman–Crippen LogP) is 6.65. The van der Waals surface area contributed by atoms with E-state index in [0.717, 1.165) is 5.56 Å². The number of rotatable bonds is 8. The first-order chi connectivity index (χ1) is 16.3. The molecule has 0 N–H and O–H groups in total. The van der Waals surface area contributed by atoms with E-state index in [0.29, 0.717) is 27.9 Å². The maximum Gasteiger partial charge on any atom is 0.311 e. The van der Waals surface area contributed by atoms with Crippen molar-refractivity contribution < 1.29 is 19.1 Å². The number of Topliss-reactive ketones (excluding diaryl/α,β-unsaturated/α-hetero) is 1. The van der Waals surface area contributed by atoms with E-state index >= 15 is 0 Å². The average molecular weight is 476 g/mol. The number of nitrogens with zero attached hydrogens (tertiary/aromatic N) is 1. The standard InChI is InChI=1S/C30H37NO4/c1-9-35-28(34)30(7,8)18-22-24(27(33)29(4,5)6)23-17-21(19(2)3)15-16-31(23)25(22)26(32)20-13-11-10-12-14-20/h10-17,19H,9,18H2,1-8H3. The Morgan fingerprint density at radius 1 is 0.971 bits per heavy atom. The van der Waals surface area contributed by atoms with Crippen molar-refractivity contribution >= 4 is 23.1 Å². The first kappa shape index (κ1) is 26.4. The SMILES string of the molecule is CCOC(=O)C(C)(C)Cc1c(C(=O)C(C)(C)C)c2cc(C(C)C)ccn2c1C(=O)c1ccccc1. The predicted molar refractivity (Wildman–Crippen MR) is 139 cm³/mol. The van der Waals surface area contributed by atoms with Crippen molar-refractivity contribution in [3.63, 3.8) is 0 Å². The van der Waals surface area contributed by atoms with Crippen molar-refractivity contribution in [3.8, 4) is 0 Å². The number of carbonyl (C=O) groups is 3. The van der Waals surface area contributed by atoms with E-state index in [-0.39, 0.29) is 36.5 Å². The number of ether oxygens (including phenoxy) is 1. The number of esters is 1. The molecule has 35 heavy (non-hydrogen) atoms. The van der Waals surface area contributed by atoms with E-state index in [1.165, 1.54) is 0 Å². The van der Waals surface area contributed by atoms with E-state index in [1.54, 1.807) is 32.9 Å². The molecule has 3 rings (SSSR count). The molecule has 0 saturated heterocycles. The number of hydrogen-bond donors (Lipinski definition) is 0. The minimum absolute atomic E-state index is 0.0577. The maximum absolute atomic E-state index is 13.9. The zero-order chi connectivity index (χ0) is 26.1. The number of carbonyl (C=O) groups excluding carboxylic acids is 3. The molecule has 0 aliphatic carbocycles. The Hall–Kier alpha value is -3.21. The molecular formula is C30H37NO4. The Balaban J connectivity index is 2.42. The molecule has 0 radical (unpaired) electrons. The van der Waals surface area contributed by atoms with Crippen molar-refractivity contribution in [2.24, 2.45) is 10.8 Å². The van der Waals surface area contributed by atoms with Gasteiger partial charge in [0.25, 0.3) is 0 Å². The van der Waals surface area contributed by atoms with Gasteiger partial charge < -0.3 is 9.14 Å². The second-order valence-electron chi connectivity index (χ2n) is 11.1. The molecule has 0 atom stereocenters. The zero-order valence-electron chi connectivity index (χ0n) is 22.2. The molecule has 2 heterocycles. The number of pyridine rings is 1. The van der Waals surface area contributed by atoms with Crippen molar-refractivity contribution in [1.29, 1.82) is 0 Å². The fraction of sp³-hybridized carbons (Fsp3) is 0.433. The van der Waals surface area contributed by atoms with Crippen LogP contribution in [-0.2, 0) is 16.0 Å². The summed E-state index contributed by atoms with van der Waals surface area (Å²) < 4.78 is 7.17. The van der Waals surface area contributed by atoms with Gasteiger partial charge in [-0.1, -0.05) is 65.0 Å². The highest BCUT2D eigenvalue weighted by atomic mass is 16.5. The van der Waals surface area contributed by atoms with Crippen LogP contribution in [0.2, 0.25) is 0 Å². The van der Waals surface area contributed by atoms with Crippen LogP contribution in [-0.4, -0.2) is 28.5 Å². The molecule has 2 aromatic heterocycles. The third-order valence-electron chi connectivity index (χ3n) is 6.34. The molecule has 5 heteroatoms. The normalized spacial score (nSPS) is 12.3. The Morgan fingerprint density at radius 2 is 1.60 bits per heavy atom. The lowest BCUT2D eigenvalue weighted by molar-refractivity contribution is -0.153. The van der Waals surface area contributed by atoms with Crippen molar-refractivity contribution in [1.82, 2.24) is 4.40 Å². The van der Waals surface area contributed by atoms with Gasteiger partial charge in [0, 0.05) is 22.7 Å². The van der Waals surface area contributed by atoms with Gasteiger partial charge in [-0.3, -0.25) is 14.4 Å². The lowest BCUT2D eigenvalue weighted by atomic mass is 9.79. The molecule has 0 aliphatic heterocycles. The van der Waals surface area contributed by atoms with Gasteiger partial charge in [0.05, 0.1) is 23.2 Å². The van der Waals surface area contributed by atoms with Crippen LogP contribution in [0.3, 0.4) is 0 Å². The number of ketones is 2. The van der Waals surface area contributed by atoms with E-state index in [2.05, 4.69) is 13.8 Å². The van der Waals surface area contributed by atoms with Gasteiger partial charge in [0.2, 0.25) is 5.78 Å². The van der Waals surface area contributed by atoms with Crippen LogP contribution in [0.25, 0.3) is 5.52 Å². The molecule has 0 unspecified atom stereocenters. The topological polar surface area (TPSA) is 64.8 Å². The highest BCUT2D eigenvalue weighted by molar-refractivity contribution is 6.15. The van der Waals surface area contributed by atoms with Gasteiger partial charge in [0.1, 0.15) is 0 Å². The molecule has 1 aromatic carbocycles. The summed E-state index contributed by atoms with van der Waals surface area (Å²) in [6, 6.07) is 13.1. The van der Waals surface area contributed by atoms with Gasteiger partial charge >= 0.3 is 5.97 Å². The number of benzene rings is 1. The van der Waals surface area contributed by atoms with Gasteiger partial charge in [-0.15, -0.1) is 0 Å². The second kappa shape index (κ2) is 9.80. The Kier molecular flexibility index (Phi) is 7.39. The Bertz CT molecular complexity index is 1260. The largest absolute Gasteiger partial charge is 0.466 e.